The van der Waals surface area contributed by atoms with E-state index < -0.39 is 11.9 Å². The number of para-hydroxylation sites is 1. The van der Waals surface area contributed by atoms with Crippen LogP contribution in [0.15, 0.2) is 59.6 Å². The highest BCUT2D eigenvalue weighted by Crippen LogP contribution is 2.16. The van der Waals surface area contributed by atoms with Crippen LogP contribution in [0.4, 0.5) is 5.69 Å². The third-order valence-electron chi connectivity index (χ3n) is 2.79. The molecule has 6 nitrogen and oxygen atoms in total. The van der Waals surface area contributed by atoms with Gasteiger partial charge in [0.05, 0.1) is 19.0 Å². The number of rotatable bonds is 6. The molecule has 0 atom stereocenters. The van der Waals surface area contributed by atoms with Crippen molar-refractivity contribution in [2.45, 2.75) is 0 Å². The van der Waals surface area contributed by atoms with Crippen molar-refractivity contribution >= 4 is 23.8 Å². The van der Waals surface area contributed by atoms with Gasteiger partial charge in [-0.15, -0.1) is 0 Å². The first-order valence-corrected chi connectivity index (χ1v) is 6.89. The second kappa shape index (κ2) is 8.33. The van der Waals surface area contributed by atoms with Crippen LogP contribution < -0.4 is 14.8 Å². The van der Waals surface area contributed by atoms with Gasteiger partial charge < -0.3 is 14.8 Å². The average molecular weight is 312 g/mol. The molecular weight excluding hydrogens is 296 g/mol. The quantitative estimate of drug-likeness (QED) is 0.503. The van der Waals surface area contributed by atoms with Crippen molar-refractivity contribution in [1.82, 2.24) is 5.32 Å². The lowest BCUT2D eigenvalue weighted by atomic mass is 10.3. The van der Waals surface area contributed by atoms with Crippen molar-refractivity contribution in [3.63, 3.8) is 0 Å². The molecule has 23 heavy (non-hydrogen) atoms. The first-order chi connectivity index (χ1) is 11.2. The highest BCUT2D eigenvalue weighted by atomic mass is 16.5. The lowest BCUT2D eigenvalue weighted by molar-refractivity contribution is -0.134. The van der Waals surface area contributed by atoms with Crippen LogP contribution in [0.1, 0.15) is 0 Å². The van der Waals surface area contributed by atoms with Crippen LogP contribution in [0.3, 0.4) is 0 Å². The molecule has 0 heterocycles. The third kappa shape index (κ3) is 5.62. The first-order valence-electron chi connectivity index (χ1n) is 6.89. The van der Waals surface area contributed by atoms with Crippen molar-refractivity contribution in [1.29, 1.82) is 0 Å². The maximum Gasteiger partial charge on any atom is 0.330 e. The van der Waals surface area contributed by atoms with Gasteiger partial charge in [-0.1, -0.05) is 18.2 Å². The molecule has 0 fully saturated rings. The average Bonchev–Trinajstić information content (AvgIpc) is 2.59. The Balaban J connectivity index is 1.77. The van der Waals surface area contributed by atoms with Crippen molar-refractivity contribution in [3.8, 4) is 11.5 Å². The van der Waals surface area contributed by atoms with E-state index in [0.29, 0.717) is 17.2 Å². The van der Waals surface area contributed by atoms with Crippen LogP contribution in [-0.2, 0) is 9.59 Å². The molecule has 0 aliphatic carbocycles. The highest BCUT2D eigenvalue weighted by molar-refractivity contribution is 6.27. The van der Waals surface area contributed by atoms with E-state index in [1.807, 2.05) is 6.07 Å². The summed E-state index contributed by atoms with van der Waals surface area (Å²) < 4.78 is 10.1. The summed E-state index contributed by atoms with van der Waals surface area (Å²) in [6.07, 6.45) is 1.11. The van der Waals surface area contributed by atoms with Crippen LogP contribution in [0.2, 0.25) is 0 Å². The number of ether oxygens (including phenoxy) is 2. The van der Waals surface area contributed by atoms with Crippen LogP contribution in [0.5, 0.6) is 11.5 Å². The molecule has 0 saturated carbocycles. The number of nitrogens with one attached hydrogen (secondary N) is 1. The molecule has 118 valence electrons. The van der Waals surface area contributed by atoms with Gasteiger partial charge in [-0.25, -0.2) is 4.79 Å². The zero-order chi connectivity index (χ0) is 16.5. The Labute approximate surface area is 133 Å². The molecule has 0 aromatic heterocycles. The number of benzene rings is 2. The van der Waals surface area contributed by atoms with Crippen LogP contribution >= 0.6 is 0 Å². The minimum atomic E-state index is -0.553. The zero-order valence-corrected chi connectivity index (χ0v) is 12.6. The van der Waals surface area contributed by atoms with Gasteiger partial charge in [0.2, 0.25) is 0 Å². The number of amides is 1. The molecular formula is C17H16N2O4. The summed E-state index contributed by atoms with van der Waals surface area (Å²) in [5, 5.41) is 2.41. The fourth-order valence-corrected chi connectivity index (χ4v) is 1.66. The fourth-order valence-electron chi connectivity index (χ4n) is 1.66. The maximum atomic E-state index is 11.6. The van der Waals surface area contributed by atoms with Gasteiger partial charge in [0.25, 0.3) is 5.91 Å². The Morgan fingerprint density at radius 2 is 1.74 bits per heavy atom. The Morgan fingerprint density at radius 3 is 2.39 bits per heavy atom. The second-order valence-electron chi connectivity index (χ2n) is 4.46. The van der Waals surface area contributed by atoms with E-state index in [1.165, 1.54) is 0 Å². The van der Waals surface area contributed by atoms with Gasteiger partial charge in [-0.05, 0) is 36.4 Å². The Kier molecular flexibility index (Phi) is 5.88. The summed E-state index contributed by atoms with van der Waals surface area (Å²) in [7, 11) is 1.57. The fraction of sp³-hybridized carbons (Fsp3) is 0.118. The van der Waals surface area contributed by atoms with Gasteiger partial charge in [0, 0.05) is 0 Å². The van der Waals surface area contributed by atoms with Gasteiger partial charge in [0.15, 0.2) is 0 Å². The number of esters is 1. The molecule has 0 saturated heterocycles. The van der Waals surface area contributed by atoms with Gasteiger partial charge >= 0.3 is 5.97 Å². The monoisotopic (exact) mass is 312 g/mol. The number of hydrogen-bond donors (Lipinski definition) is 1. The van der Waals surface area contributed by atoms with E-state index in [1.54, 1.807) is 55.6 Å². The normalized spacial score (nSPS) is 10.3. The lowest BCUT2D eigenvalue weighted by Crippen LogP contribution is -2.32. The van der Waals surface area contributed by atoms with Crippen LogP contribution in [0, 0.1) is 0 Å². The summed E-state index contributed by atoms with van der Waals surface area (Å²) >= 11 is 0. The molecule has 0 bridgehead atoms. The predicted octanol–water partition coefficient (Wildman–Crippen LogP) is 2.12. The molecule has 0 spiro atoms. The molecule has 1 N–H and O–H groups in total. The number of aliphatic imine (C=N–C) groups is 1. The van der Waals surface area contributed by atoms with E-state index in [2.05, 4.69) is 10.3 Å². The summed E-state index contributed by atoms with van der Waals surface area (Å²) in [5.74, 6) is 0.101. The van der Waals surface area contributed by atoms with Crippen molar-refractivity contribution in [2.75, 3.05) is 13.7 Å². The van der Waals surface area contributed by atoms with E-state index in [-0.39, 0.29) is 6.54 Å². The second-order valence-corrected chi connectivity index (χ2v) is 4.46. The zero-order valence-electron chi connectivity index (χ0n) is 12.6. The Morgan fingerprint density at radius 1 is 1.04 bits per heavy atom. The minimum Gasteiger partial charge on any atom is -0.497 e. The third-order valence-corrected chi connectivity index (χ3v) is 2.79. The Hall–Kier alpha value is -3.15. The van der Waals surface area contributed by atoms with Crippen molar-refractivity contribution in [2.24, 2.45) is 4.99 Å². The minimum absolute atomic E-state index is 0.234. The summed E-state index contributed by atoms with van der Waals surface area (Å²) in [6, 6.07) is 15.5. The van der Waals surface area contributed by atoms with Gasteiger partial charge in [-0.3, -0.25) is 9.79 Å². The predicted molar refractivity (Wildman–Crippen MR) is 86.2 cm³/mol. The van der Waals surface area contributed by atoms with Gasteiger partial charge in [-0.2, -0.15) is 0 Å². The Bertz CT molecular complexity index is 681. The van der Waals surface area contributed by atoms with E-state index in [0.717, 1.165) is 6.21 Å². The maximum absolute atomic E-state index is 11.6. The molecule has 0 aliphatic rings. The van der Waals surface area contributed by atoms with Crippen LogP contribution in [-0.4, -0.2) is 31.7 Å². The molecule has 2 aromatic carbocycles. The number of carbonyl (C=O) groups excluding carboxylic acids is 2. The highest BCUT2D eigenvalue weighted by Gasteiger charge is 2.06. The number of hydrogen-bond acceptors (Lipinski definition) is 5. The van der Waals surface area contributed by atoms with Crippen molar-refractivity contribution in [3.05, 3.63) is 54.6 Å². The molecule has 6 heteroatoms. The number of carbonyl (C=O) groups is 2. The smallest absolute Gasteiger partial charge is 0.330 e. The molecule has 2 aromatic rings. The number of nitrogens with zero attached hydrogens (tertiary/aromatic N) is 1. The molecule has 0 aliphatic heterocycles. The lowest BCUT2D eigenvalue weighted by Gasteiger charge is -2.04. The molecule has 1 amide bonds. The van der Waals surface area contributed by atoms with E-state index >= 15 is 0 Å². The molecule has 0 unspecified atom stereocenters. The summed E-state index contributed by atoms with van der Waals surface area (Å²) in [6.45, 7) is -0.234. The molecule has 0 radical (unpaired) electrons. The summed E-state index contributed by atoms with van der Waals surface area (Å²) in [4.78, 5) is 27.2. The number of methoxy groups -OCH3 is 1. The largest absolute Gasteiger partial charge is 0.497 e. The van der Waals surface area contributed by atoms with Gasteiger partial charge in [0.1, 0.15) is 18.0 Å². The molecule has 2 rings (SSSR count). The van der Waals surface area contributed by atoms with E-state index in [9.17, 15) is 9.59 Å². The topological polar surface area (TPSA) is 77.0 Å². The standard InChI is InChI=1S/C17H16N2O4/c1-22-14-9-7-13(8-10-14)18-11-16(20)19-12-17(21)23-15-5-3-2-4-6-15/h2-11H,12H2,1H3,(H,19,20). The van der Waals surface area contributed by atoms with Crippen LogP contribution in [0.25, 0.3) is 0 Å². The van der Waals surface area contributed by atoms with E-state index in [4.69, 9.17) is 9.47 Å². The van der Waals surface area contributed by atoms with Crippen molar-refractivity contribution < 1.29 is 19.1 Å². The summed E-state index contributed by atoms with van der Waals surface area (Å²) in [5.41, 5.74) is 0.604. The SMILES string of the molecule is COc1ccc(N=CC(=O)NCC(=O)Oc2ccccc2)cc1. The first kappa shape index (κ1) is 16.2.